The first-order chi connectivity index (χ1) is 23.2. The average molecular weight is 688 g/mol. The first-order valence-corrected chi connectivity index (χ1v) is 20.5. The zero-order valence-corrected chi connectivity index (χ0v) is 31.2. The number of anilines is 1. The van der Waals surface area contributed by atoms with E-state index in [1.807, 2.05) is 57.4 Å². The van der Waals surface area contributed by atoms with E-state index in [2.05, 4.69) is 44.0 Å². The van der Waals surface area contributed by atoms with Crippen LogP contribution in [0.5, 0.6) is 0 Å². The maximum atomic E-state index is 12.6. The zero-order chi connectivity index (χ0) is 35.8. The molecule has 0 radical (unpaired) electrons. The van der Waals surface area contributed by atoms with Crippen molar-refractivity contribution in [3.8, 4) is 11.1 Å². The van der Waals surface area contributed by atoms with Gasteiger partial charge in [-0.1, -0.05) is 45.0 Å². The van der Waals surface area contributed by atoms with Gasteiger partial charge in [0.05, 0.1) is 23.8 Å². The number of rotatable bonds is 11. The van der Waals surface area contributed by atoms with E-state index in [0.717, 1.165) is 28.6 Å². The van der Waals surface area contributed by atoms with Crippen LogP contribution in [0.3, 0.4) is 0 Å². The Labute approximate surface area is 292 Å². The number of carbonyl (C=O) groups is 1. The van der Waals surface area contributed by atoms with Crippen molar-refractivity contribution in [2.75, 3.05) is 31.3 Å². The molecule has 264 valence electrons. The summed E-state index contributed by atoms with van der Waals surface area (Å²) in [5.74, 6) is 1.31. The second-order valence-corrected chi connectivity index (χ2v) is 20.2. The van der Waals surface area contributed by atoms with E-state index in [4.69, 9.17) is 29.9 Å². The van der Waals surface area contributed by atoms with Gasteiger partial charge in [-0.05, 0) is 57.1 Å². The van der Waals surface area contributed by atoms with Crippen LogP contribution in [0.4, 0.5) is 10.6 Å². The summed E-state index contributed by atoms with van der Waals surface area (Å²) in [4.78, 5) is 26.1. The number of amides is 1. The Morgan fingerprint density at radius 1 is 1.16 bits per heavy atom. The molecular weight excluding hydrogens is 635 g/mol. The second-order valence-electron chi connectivity index (χ2n) is 14.6. The van der Waals surface area contributed by atoms with Crippen molar-refractivity contribution >= 4 is 26.2 Å². The SMILES string of the molecule is C=CC(=C(/C=C\N)OC1CCN(C(=O)OC(C)(C)C)CC1)C1=C/Cc2cc(-c3cnn(C)c3)cnc2N(COCC[Si](C)(C)C)C(=C)/C=N\1. The Kier molecular flexibility index (Phi) is 12.5. The normalized spacial score (nSPS) is 18.5. The zero-order valence-electron chi connectivity index (χ0n) is 30.2. The molecule has 0 aromatic carbocycles. The Hall–Kier alpha value is -4.42. The molecule has 0 aliphatic carbocycles. The first-order valence-electron chi connectivity index (χ1n) is 16.8. The summed E-state index contributed by atoms with van der Waals surface area (Å²) in [6.07, 6.45) is 15.7. The smallest absolute Gasteiger partial charge is 0.410 e. The van der Waals surface area contributed by atoms with Gasteiger partial charge in [-0.3, -0.25) is 9.67 Å². The molecule has 0 unspecified atom stereocenters. The molecule has 0 atom stereocenters. The highest BCUT2D eigenvalue weighted by Crippen LogP contribution is 2.31. The van der Waals surface area contributed by atoms with Crippen molar-refractivity contribution < 1.29 is 19.0 Å². The number of aliphatic imine (C=N–C) groups is 1. The third kappa shape index (κ3) is 10.8. The molecule has 49 heavy (non-hydrogen) atoms. The van der Waals surface area contributed by atoms with Crippen molar-refractivity contribution in [2.45, 2.75) is 77.4 Å². The fourth-order valence-electron chi connectivity index (χ4n) is 5.36. The van der Waals surface area contributed by atoms with Crippen LogP contribution < -0.4 is 10.6 Å². The number of ether oxygens (including phenoxy) is 3. The average Bonchev–Trinajstić information content (AvgIpc) is 3.49. The Balaban J connectivity index is 1.64. The Morgan fingerprint density at radius 2 is 1.90 bits per heavy atom. The molecule has 12 heteroatoms. The number of likely N-dealkylation sites (tertiary alicyclic amines) is 1. The third-order valence-electron chi connectivity index (χ3n) is 8.05. The number of fused-ring (bicyclic) bond motifs is 1. The topological polar surface area (TPSA) is 120 Å². The number of hydrogen-bond donors (Lipinski definition) is 1. The van der Waals surface area contributed by atoms with Gasteiger partial charge >= 0.3 is 6.09 Å². The summed E-state index contributed by atoms with van der Waals surface area (Å²) in [5.41, 5.74) is 10.3. The van der Waals surface area contributed by atoms with E-state index in [-0.39, 0.29) is 12.2 Å². The summed E-state index contributed by atoms with van der Waals surface area (Å²) in [6, 6.07) is 3.19. The Bertz CT molecular complexity index is 1620. The minimum atomic E-state index is -1.27. The summed E-state index contributed by atoms with van der Waals surface area (Å²) in [5, 5.41) is 4.35. The van der Waals surface area contributed by atoms with Crippen LogP contribution in [-0.2, 0) is 27.7 Å². The molecule has 0 bridgehead atoms. The molecule has 0 saturated carbocycles. The summed E-state index contributed by atoms with van der Waals surface area (Å²) < 4.78 is 20.1. The van der Waals surface area contributed by atoms with Gasteiger partial charge in [0.25, 0.3) is 0 Å². The van der Waals surface area contributed by atoms with E-state index >= 15 is 0 Å². The van der Waals surface area contributed by atoms with E-state index in [9.17, 15) is 4.79 Å². The van der Waals surface area contributed by atoms with Crippen LogP contribution in [-0.4, -0.2) is 78.2 Å². The largest absolute Gasteiger partial charge is 0.490 e. The fraction of sp³-hybridized carbons (Fsp3) is 0.459. The predicted octanol–water partition coefficient (Wildman–Crippen LogP) is 6.95. The van der Waals surface area contributed by atoms with Gasteiger partial charge in [-0.15, -0.1) is 0 Å². The van der Waals surface area contributed by atoms with Crippen molar-refractivity contribution in [1.82, 2.24) is 19.7 Å². The second kappa shape index (κ2) is 16.3. The van der Waals surface area contributed by atoms with Gasteiger partial charge < -0.3 is 29.7 Å². The molecule has 4 rings (SSSR count). The molecule has 2 aliphatic rings. The van der Waals surface area contributed by atoms with Gasteiger partial charge in [0.2, 0.25) is 0 Å². The Morgan fingerprint density at radius 3 is 2.51 bits per heavy atom. The number of nitrogens with zero attached hydrogens (tertiary/aromatic N) is 6. The van der Waals surface area contributed by atoms with Gasteiger partial charge in [-0.2, -0.15) is 5.10 Å². The number of nitrogens with two attached hydrogens (primary N) is 1. The number of pyridine rings is 1. The number of carbonyl (C=O) groups excluding carboxylic acids is 1. The van der Waals surface area contributed by atoms with E-state index in [0.29, 0.717) is 68.4 Å². The highest BCUT2D eigenvalue weighted by molar-refractivity contribution is 6.76. The van der Waals surface area contributed by atoms with Crippen molar-refractivity contribution in [3.63, 3.8) is 0 Å². The van der Waals surface area contributed by atoms with Gasteiger partial charge in [0.15, 0.2) is 0 Å². The van der Waals surface area contributed by atoms with Gasteiger partial charge in [0, 0.05) is 76.8 Å². The highest BCUT2D eigenvalue weighted by atomic mass is 28.3. The lowest BCUT2D eigenvalue weighted by molar-refractivity contribution is 0.00539. The molecular formula is C37H53N7O4Si. The van der Waals surface area contributed by atoms with Crippen LogP contribution in [0.1, 0.15) is 39.2 Å². The van der Waals surface area contributed by atoms with Crippen LogP contribution in [0.25, 0.3) is 11.1 Å². The molecule has 0 spiro atoms. The minimum Gasteiger partial charge on any atom is -0.490 e. The summed E-state index contributed by atoms with van der Waals surface area (Å²) >= 11 is 0. The molecule has 4 heterocycles. The lowest BCUT2D eigenvalue weighted by Crippen LogP contribution is -2.43. The lowest BCUT2D eigenvalue weighted by Gasteiger charge is -2.34. The minimum absolute atomic E-state index is 0.133. The molecule has 1 saturated heterocycles. The quantitative estimate of drug-likeness (QED) is 0.117. The summed E-state index contributed by atoms with van der Waals surface area (Å²) in [6.45, 7) is 23.1. The van der Waals surface area contributed by atoms with Crippen molar-refractivity contribution in [1.29, 1.82) is 0 Å². The highest BCUT2D eigenvalue weighted by Gasteiger charge is 2.28. The van der Waals surface area contributed by atoms with Crippen LogP contribution in [0, 0.1) is 0 Å². The molecule has 2 aliphatic heterocycles. The monoisotopic (exact) mass is 687 g/mol. The fourth-order valence-corrected chi connectivity index (χ4v) is 6.12. The van der Waals surface area contributed by atoms with Crippen LogP contribution in [0.15, 0.2) is 90.0 Å². The number of aromatic nitrogens is 3. The molecule has 2 N–H and O–H groups in total. The number of piperidine rings is 1. The standard InChI is InChI=1S/C37H53N7O4Si/c1-10-32(34(13-16-38)47-31-14-17-43(18-15-31)36(45)48-37(3,4)5)33-12-11-28-21-29(30-24-41-42(6)25-30)23-40-35(28)44(27(2)22-39-33)26-46-19-20-49(7,8)9/h10,12-13,16,21-25,31H,1-2,11,14-15,17-20,26,38H2,3-9H3/b16-13-,33-12-,34-32?,39-22-. The number of hydrogen-bond acceptors (Lipinski definition) is 9. The van der Waals surface area contributed by atoms with E-state index < -0.39 is 13.7 Å². The van der Waals surface area contributed by atoms with Crippen molar-refractivity contribution in [3.05, 3.63) is 90.5 Å². The molecule has 1 amide bonds. The number of aryl methyl sites for hydroxylation is 1. The molecule has 2 aromatic rings. The third-order valence-corrected chi connectivity index (χ3v) is 9.75. The first kappa shape index (κ1) is 37.4. The predicted molar refractivity (Wildman–Crippen MR) is 200 cm³/mol. The van der Waals surface area contributed by atoms with E-state index in [1.165, 1.54) is 6.20 Å². The molecule has 11 nitrogen and oxygen atoms in total. The van der Waals surface area contributed by atoms with Crippen molar-refractivity contribution in [2.24, 2.45) is 17.8 Å². The molecule has 2 aromatic heterocycles. The maximum absolute atomic E-state index is 12.6. The number of allylic oxidation sites excluding steroid dienone is 4. The van der Waals surface area contributed by atoms with Crippen LogP contribution in [0.2, 0.25) is 25.7 Å². The maximum Gasteiger partial charge on any atom is 0.410 e. The van der Waals surface area contributed by atoms with Gasteiger partial charge in [-0.25, -0.2) is 9.78 Å². The van der Waals surface area contributed by atoms with Crippen LogP contribution >= 0.6 is 0 Å². The van der Waals surface area contributed by atoms with E-state index in [1.54, 1.807) is 27.9 Å². The molecule has 1 fully saturated rings. The summed E-state index contributed by atoms with van der Waals surface area (Å²) in [7, 11) is 0.629. The van der Waals surface area contributed by atoms with Gasteiger partial charge in [0.1, 0.15) is 30.0 Å². The lowest BCUT2D eigenvalue weighted by atomic mass is 10.0.